The molecule has 0 radical (unpaired) electrons. The van der Waals surface area contributed by atoms with Crippen LogP contribution in [0.15, 0.2) is 28.7 Å². The van der Waals surface area contributed by atoms with E-state index in [1.807, 2.05) is 38.1 Å². The summed E-state index contributed by atoms with van der Waals surface area (Å²) in [5.74, 6) is 0.00642. The van der Waals surface area contributed by atoms with Crippen LogP contribution in [-0.4, -0.2) is 17.2 Å². The Morgan fingerprint density at radius 2 is 1.67 bits per heavy atom. The zero-order chi connectivity index (χ0) is 13.9. The highest BCUT2D eigenvalue weighted by atomic mass is 79.9. The molecule has 0 spiro atoms. The summed E-state index contributed by atoms with van der Waals surface area (Å²) >= 11 is 3.36. The van der Waals surface area contributed by atoms with Gasteiger partial charge in [-0.2, -0.15) is 0 Å². The normalized spacial score (nSPS) is 11.2. The number of nitrogens with zero attached hydrogens (tertiary/aromatic N) is 1. The van der Waals surface area contributed by atoms with Crippen LogP contribution in [0, 0.1) is 0 Å². The van der Waals surface area contributed by atoms with Gasteiger partial charge in [-0.15, -0.1) is 0 Å². The third-order valence-electron chi connectivity index (χ3n) is 2.69. The number of ketones is 1. The fourth-order valence-corrected chi connectivity index (χ4v) is 2.50. The molecule has 0 saturated heterocycles. The molecule has 0 aliphatic heterocycles. The fourth-order valence-electron chi connectivity index (χ4n) is 2.24. The van der Waals surface area contributed by atoms with Crippen LogP contribution in [0.5, 0.6) is 0 Å². The molecule has 0 heterocycles. The smallest absolute Gasteiger partial charge is 0.224 e. The highest BCUT2D eigenvalue weighted by Gasteiger charge is 2.31. The summed E-state index contributed by atoms with van der Waals surface area (Å²) in [6.45, 7) is 6.86. The van der Waals surface area contributed by atoms with Crippen LogP contribution in [0.25, 0.3) is 0 Å². The lowest BCUT2D eigenvalue weighted by Gasteiger charge is -2.37. The van der Waals surface area contributed by atoms with Gasteiger partial charge in [0.05, 0.1) is 0 Å². The Hall–Kier alpha value is -1.16. The zero-order valence-electron chi connectivity index (χ0n) is 11.2. The van der Waals surface area contributed by atoms with E-state index in [2.05, 4.69) is 15.9 Å². The maximum Gasteiger partial charge on any atom is 0.224 e. The number of amides is 1. The minimum atomic E-state index is -0.522. The first kappa shape index (κ1) is 14.9. The Morgan fingerprint density at radius 3 is 2.06 bits per heavy atom. The van der Waals surface area contributed by atoms with Gasteiger partial charge in [0.15, 0.2) is 0 Å². The number of carbonyl (C=O) groups is 2. The molecule has 0 aromatic heterocycles. The predicted octanol–water partition coefficient (Wildman–Crippen LogP) is 3.56. The summed E-state index contributed by atoms with van der Waals surface area (Å²) in [6.07, 6.45) is 0.336. The molecule has 3 nitrogen and oxygen atoms in total. The second-order valence-electron chi connectivity index (χ2n) is 5.02. The number of benzene rings is 1. The van der Waals surface area contributed by atoms with E-state index in [-0.39, 0.29) is 11.7 Å². The van der Waals surface area contributed by atoms with Crippen LogP contribution in [0.1, 0.15) is 34.1 Å². The van der Waals surface area contributed by atoms with Gasteiger partial charge in [0.2, 0.25) is 5.91 Å². The number of halogens is 1. The first-order chi connectivity index (χ1) is 8.24. The SMILES string of the molecule is CC(=O)CC(C)(C)N(C(C)=O)c1ccc(Br)cc1. The van der Waals surface area contributed by atoms with Crippen molar-refractivity contribution in [3.8, 4) is 0 Å². The van der Waals surface area contributed by atoms with E-state index in [0.29, 0.717) is 6.42 Å². The van der Waals surface area contributed by atoms with E-state index >= 15 is 0 Å². The van der Waals surface area contributed by atoms with Crippen molar-refractivity contribution >= 4 is 33.3 Å². The number of anilines is 1. The molecule has 0 N–H and O–H groups in total. The van der Waals surface area contributed by atoms with Crippen molar-refractivity contribution in [2.75, 3.05) is 4.90 Å². The van der Waals surface area contributed by atoms with E-state index in [4.69, 9.17) is 0 Å². The number of Topliss-reactive ketones (excluding diaryl/α,β-unsaturated/α-hetero) is 1. The molecule has 98 valence electrons. The summed E-state index contributed by atoms with van der Waals surface area (Å²) < 4.78 is 0.958. The van der Waals surface area contributed by atoms with Crippen molar-refractivity contribution in [2.45, 2.75) is 39.7 Å². The molecular formula is C14H18BrNO2. The molecule has 0 saturated carbocycles. The molecule has 1 rings (SSSR count). The van der Waals surface area contributed by atoms with Gasteiger partial charge in [-0.3, -0.25) is 9.59 Å². The van der Waals surface area contributed by atoms with Crippen molar-refractivity contribution in [1.82, 2.24) is 0 Å². The number of carbonyl (C=O) groups excluding carboxylic acids is 2. The lowest BCUT2D eigenvalue weighted by molar-refractivity contribution is -0.119. The van der Waals surface area contributed by atoms with Gasteiger partial charge < -0.3 is 4.90 Å². The van der Waals surface area contributed by atoms with Gasteiger partial charge in [0, 0.05) is 29.0 Å². The summed E-state index contributed by atoms with van der Waals surface area (Å²) in [5, 5.41) is 0. The molecule has 18 heavy (non-hydrogen) atoms. The number of rotatable bonds is 4. The van der Waals surface area contributed by atoms with Gasteiger partial charge >= 0.3 is 0 Å². The van der Waals surface area contributed by atoms with E-state index in [0.717, 1.165) is 10.2 Å². The fraction of sp³-hybridized carbons (Fsp3) is 0.429. The lowest BCUT2D eigenvalue weighted by atomic mass is 9.94. The standard InChI is InChI=1S/C14H18BrNO2/c1-10(17)9-14(3,4)16(11(2)18)13-7-5-12(15)6-8-13/h5-8H,9H2,1-4H3. The van der Waals surface area contributed by atoms with Crippen molar-refractivity contribution in [1.29, 1.82) is 0 Å². The average Bonchev–Trinajstić information content (AvgIpc) is 2.18. The van der Waals surface area contributed by atoms with Crippen LogP contribution in [0.4, 0.5) is 5.69 Å². The van der Waals surface area contributed by atoms with Crippen LogP contribution >= 0.6 is 15.9 Å². The monoisotopic (exact) mass is 311 g/mol. The molecule has 4 heteroatoms. The Kier molecular flexibility index (Phi) is 4.68. The molecule has 0 unspecified atom stereocenters. The Labute approximate surface area is 116 Å². The van der Waals surface area contributed by atoms with E-state index in [1.54, 1.807) is 11.8 Å². The van der Waals surface area contributed by atoms with Gasteiger partial charge in [-0.1, -0.05) is 15.9 Å². The largest absolute Gasteiger partial charge is 0.307 e. The van der Waals surface area contributed by atoms with Crippen LogP contribution in [-0.2, 0) is 9.59 Å². The first-order valence-electron chi connectivity index (χ1n) is 5.80. The quantitative estimate of drug-likeness (QED) is 0.852. The maximum atomic E-state index is 11.9. The number of hydrogen-bond acceptors (Lipinski definition) is 2. The van der Waals surface area contributed by atoms with Crippen molar-refractivity contribution in [3.05, 3.63) is 28.7 Å². The maximum absolute atomic E-state index is 11.9. The van der Waals surface area contributed by atoms with Crippen LogP contribution in [0.3, 0.4) is 0 Å². The minimum Gasteiger partial charge on any atom is -0.307 e. The summed E-state index contributed by atoms with van der Waals surface area (Å²) in [6, 6.07) is 7.50. The minimum absolute atomic E-state index is 0.0661. The van der Waals surface area contributed by atoms with Crippen molar-refractivity contribution < 1.29 is 9.59 Å². The highest BCUT2D eigenvalue weighted by Crippen LogP contribution is 2.28. The molecule has 0 bridgehead atoms. The second-order valence-corrected chi connectivity index (χ2v) is 5.94. The van der Waals surface area contributed by atoms with Gasteiger partial charge in [-0.05, 0) is 45.0 Å². The van der Waals surface area contributed by atoms with E-state index < -0.39 is 5.54 Å². The van der Waals surface area contributed by atoms with Crippen LogP contribution < -0.4 is 4.90 Å². The molecule has 0 aliphatic carbocycles. The second kappa shape index (κ2) is 5.65. The van der Waals surface area contributed by atoms with Gasteiger partial charge in [-0.25, -0.2) is 0 Å². The average molecular weight is 312 g/mol. The first-order valence-corrected chi connectivity index (χ1v) is 6.59. The van der Waals surface area contributed by atoms with Gasteiger partial charge in [0.25, 0.3) is 0 Å². The highest BCUT2D eigenvalue weighted by molar-refractivity contribution is 9.10. The van der Waals surface area contributed by atoms with E-state index in [9.17, 15) is 9.59 Å². The van der Waals surface area contributed by atoms with Crippen LogP contribution in [0.2, 0.25) is 0 Å². The number of hydrogen-bond donors (Lipinski definition) is 0. The summed E-state index contributed by atoms with van der Waals surface area (Å²) in [7, 11) is 0. The molecule has 1 aromatic rings. The molecular weight excluding hydrogens is 294 g/mol. The topological polar surface area (TPSA) is 37.4 Å². The lowest BCUT2D eigenvalue weighted by Crippen LogP contribution is -2.48. The van der Waals surface area contributed by atoms with Crippen molar-refractivity contribution in [3.63, 3.8) is 0 Å². The summed E-state index contributed by atoms with van der Waals surface area (Å²) in [4.78, 5) is 24.9. The molecule has 0 atom stereocenters. The Morgan fingerprint density at radius 1 is 1.17 bits per heavy atom. The summed E-state index contributed by atoms with van der Waals surface area (Å²) in [5.41, 5.74) is 0.280. The molecule has 1 aromatic carbocycles. The molecule has 1 amide bonds. The van der Waals surface area contributed by atoms with E-state index in [1.165, 1.54) is 6.92 Å². The predicted molar refractivity (Wildman–Crippen MR) is 76.7 cm³/mol. The Balaban J connectivity index is 3.13. The third-order valence-corrected chi connectivity index (χ3v) is 3.22. The zero-order valence-corrected chi connectivity index (χ0v) is 12.7. The molecule has 0 aliphatic rings. The van der Waals surface area contributed by atoms with Gasteiger partial charge in [0.1, 0.15) is 5.78 Å². The molecule has 0 fully saturated rings. The third kappa shape index (κ3) is 3.67. The van der Waals surface area contributed by atoms with Crippen molar-refractivity contribution in [2.24, 2.45) is 0 Å². The Bertz CT molecular complexity index is 451.